The fourth-order valence-electron chi connectivity index (χ4n) is 5.47. The Morgan fingerprint density at radius 3 is 2.20 bits per heavy atom. The van der Waals surface area contributed by atoms with Crippen molar-refractivity contribution in [3.05, 3.63) is 93.1 Å². The average molecular weight is 558 g/mol. The Kier molecular flexibility index (Phi) is 11.9. The molecule has 2 aromatic carbocycles. The highest BCUT2D eigenvalue weighted by atomic mass is 16.6. The molecule has 1 unspecified atom stereocenters. The first-order chi connectivity index (χ1) is 19.5. The molecule has 2 aromatic rings. The van der Waals surface area contributed by atoms with Crippen LogP contribution >= 0.6 is 0 Å². The second-order valence-electron chi connectivity index (χ2n) is 12.3. The number of nitrogens with one attached hydrogen (secondary N) is 1. The summed E-state index contributed by atoms with van der Waals surface area (Å²) in [5.41, 5.74) is 9.34. The lowest BCUT2D eigenvalue weighted by Gasteiger charge is -2.38. The number of hydrogen-bond acceptors (Lipinski definition) is 3. The zero-order valence-electron chi connectivity index (χ0n) is 26.7. The summed E-state index contributed by atoms with van der Waals surface area (Å²) in [4.78, 5) is 12.6. The predicted molar refractivity (Wildman–Crippen MR) is 172 cm³/mol. The van der Waals surface area contributed by atoms with Gasteiger partial charge in [-0.05, 0) is 129 Å². The highest BCUT2D eigenvalue weighted by Gasteiger charge is 2.34. The van der Waals surface area contributed by atoms with E-state index in [2.05, 4.69) is 65.1 Å². The minimum absolute atomic E-state index is 0.204. The summed E-state index contributed by atoms with van der Waals surface area (Å²) in [5.74, 6) is 1.62. The van der Waals surface area contributed by atoms with Crippen LogP contribution in [0.2, 0.25) is 0 Å². The van der Waals surface area contributed by atoms with Crippen molar-refractivity contribution in [3.8, 4) is 11.5 Å². The zero-order chi connectivity index (χ0) is 30.0. The molecular formula is C37H51NO3. The van der Waals surface area contributed by atoms with Gasteiger partial charge in [-0.25, -0.2) is 4.79 Å². The standard InChI is InChI=1S/C37H51NO3/c1-26(2)15-12-16-27(3)17-13-18-28(4)19-14-23-37(8)24-22-33-31(7)34(29(5)30(6)35(33)41-37)40-36(39)38-25-32-20-10-9-11-21-32/h9-11,15,17,19-21H,12-14,16,18,22-25H2,1-8H3,(H,38,39). The van der Waals surface area contributed by atoms with Crippen LogP contribution in [0.1, 0.15) is 107 Å². The summed E-state index contributed by atoms with van der Waals surface area (Å²) >= 11 is 0. The summed E-state index contributed by atoms with van der Waals surface area (Å²) in [7, 11) is 0. The Morgan fingerprint density at radius 1 is 0.902 bits per heavy atom. The number of carbonyl (C=O) groups excluding carboxylic acids is 1. The molecule has 4 nitrogen and oxygen atoms in total. The van der Waals surface area contributed by atoms with Crippen LogP contribution < -0.4 is 14.8 Å². The fourth-order valence-corrected chi connectivity index (χ4v) is 5.47. The van der Waals surface area contributed by atoms with Crippen molar-refractivity contribution in [1.29, 1.82) is 0 Å². The van der Waals surface area contributed by atoms with Gasteiger partial charge in [-0.3, -0.25) is 0 Å². The number of carbonyl (C=O) groups is 1. The van der Waals surface area contributed by atoms with Crippen LogP contribution in [0.15, 0.2) is 65.3 Å². The lowest BCUT2D eigenvalue weighted by Crippen LogP contribution is -2.37. The summed E-state index contributed by atoms with van der Waals surface area (Å²) in [6.07, 6.45) is 15.0. The van der Waals surface area contributed by atoms with Gasteiger partial charge in [0.2, 0.25) is 0 Å². The highest BCUT2D eigenvalue weighted by Crippen LogP contribution is 2.45. The Morgan fingerprint density at radius 2 is 1.54 bits per heavy atom. The van der Waals surface area contributed by atoms with Crippen molar-refractivity contribution in [2.24, 2.45) is 0 Å². The van der Waals surface area contributed by atoms with E-state index in [0.29, 0.717) is 12.3 Å². The van der Waals surface area contributed by atoms with Gasteiger partial charge in [-0.1, -0.05) is 65.3 Å². The van der Waals surface area contributed by atoms with Crippen LogP contribution in [-0.4, -0.2) is 11.7 Å². The van der Waals surface area contributed by atoms with E-state index in [1.165, 1.54) is 16.7 Å². The van der Waals surface area contributed by atoms with E-state index >= 15 is 0 Å². The van der Waals surface area contributed by atoms with Gasteiger partial charge < -0.3 is 14.8 Å². The van der Waals surface area contributed by atoms with Gasteiger partial charge in [0, 0.05) is 12.1 Å². The van der Waals surface area contributed by atoms with Crippen LogP contribution in [0.3, 0.4) is 0 Å². The molecule has 41 heavy (non-hydrogen) atoms. The van der Waals surface area contributed by atoms with Crippen molar-refractivity contribution in [2.45, 2.75) is 119 Å². The first-order valence-electron chi connectivity index (χ1n) is 15.2. The molecule has 1 aliphatic rings. The van der Waals surface area contributed by atoms with E-state index in [4.69, 9.17) is 9.47 Å². The van der Waals surface area contributed by atoms with Crippen LogP contribution in [0, 0.1) is 20.8 Å². The number of amides is 1. The number of fused-ring (bicyclic) bond motifs is 1. The number of hydrogen-bond donors (Lipinski definition) is 1. The fraction of sp³-hybridized carbons (Fsp3) is 0.486. The molecule has 0 saturated heterocycles. The molecule has 0 aromatic heterocycles. The molecule has 0 fully saturated rings. The summed E-state index contributed by atoms with van der Waals surface area (Å²) < 4.78 is 12.6. The van der Waals surface area contributed by atoms with E-state index in [0.717, 1.165) is 84.9 Å². The van der Waals surface area contributed by atoms with Gasteiger partial charge in [-0.15, -0.1) is 0 Å². The van der Waals surface area contributed by atoms with E-state index in [-0.39, 0.29) is 5.60 Å². The third kappa shape index (κ3) is 9.66. The van der Waals surface area contributed by atoms with E-state index in [1.807, 2.05) is 44.2 Å². The second-order valence-corrected chi connectivity index (χ2v) is 12.3. The van der Waals surface area contributed by atoms with Crippen LogP contribution in [0.4, 0.5) is 4.79 Å². The first-order valence-corrected chi connectivity index (χ1v) is 15.2. The van der Waals surface area contributed by atoms with Gasteiger partial charge in [0.15, 0.2) is 0 Å². The SMILES string of the molecule is CC(C)=CCCC(C)=CCCC(C)=CCCC1(C)CCc2c(C)c(OC(=O)NCc3ccccc3)c(C)c(C)c2O1. The summed E-state index contributed by atoms with van der Waals surface area (Å²) in [6, 6.07) is 9.86. The molecule has 1 atom stereocenters. The summed E-state index contributed by atoms with van der Waals surface area (Å²) in [6.45, 7) is 17.6. The smallest absolute Gasteiger partial charge is 0.412 e. The van der Waals surface area contributed by atoms with Gasteiger partial charge >= 0.3 is 6.09 Å². The quantitative estimate of drug-likeness (QED) is 0.264. The van der Waals surface area contributed by atoms with Crippen molar-refractivity contribution in [2.75, 3.05) is 0 Å². The molecule has 1 aliphatic heterocycles. The molecule has 0 saturated carbocycles. The molecule has 3 rings (SSSR count). The predicted octanol–water partition coefficient (Wildman–Crippen LogP) is 10.2. The lowest BCUT2D eigenvalue weighted by atomic mass is 9.85. The molecule has 0 spiro atoms. The molecule has 1 N–H and O–H groups in total. The van der Waals surface area contributed by atoms with Crippen molar-refractivity contribution >= 4 is 6.09 Å². The minimum Gasteiger partial charge on any atom is -0.487 e. The van der Waals surface area contributed by atoms with Crippen LogP contribution in [0.5, 0.6) is 11.5 Å². The topological polar surface area (TPSA) is 47.6 Å². The van der Waals surface area contributed by atoms with Crippen LogP contribution in [-0.2, 0) is 13.0 Å². The Hall–Kier alpha value is -3.27. The molecule has 0 aliphatic carbocycles. The maximum Gasteiger partial charge on any atom is 0.412 e. The number of ether oxygens (including phenoxy) is 2. The maximum atomic E-state index is 12.6. The number of rotatable bonds is 12. The van der Waals surface area contributed by atoms with Crippen molar-refractivity contribution in [3.63, 3.8) is 0 Å². The molecule has 222 valence electrons. The van der Waals surface area contributed by atoms with E-state index in [9.17, 15) is 4.79 Å². The zero-order valence-corrected chi connectivity index (χ0v) is 26.7. The number of benzene rings is 2. The highest BCUT2D eigenvalue weighted by molar-refractivity contribution is 5.73. The molecule has 0 bridgehead atoms. The third-order valence-corrected chi connectivity index (χ3v) is 8.33. The Bertz CT molecular complexity index is 1280. The van der Waals surface area contributed by atoms with Crippen molar-refractivity contribution < 1.29 is 14.3 Å². The second kappa shape index (κ2) is 15.1. The van der Waals surface area contributed by atoms with Gasteiger partial charge in [0.05, 0.1) is 0 Å². The Balaban J connectivity index is 1.56. The van der Waals surface area contributed by atoms with Crippen LogP contribution in [0.25, 0.3) is 0 Å². The molecule has 0 radical (unpaired) electrons. The third-order valence-electron chi connectivity index (χ3n) is 8.33. The average Bonchev–Trinajstić information content (AvgIpc) is 2.93. The van der Waals surface area contributed by atoms with Crippen molar-refractivity contribution in [1.82, 2.24) is 5.32 Å². The van der Waals surface area contributed by atoms with Gasteiger partial charge in [-0.2, -0.15) is 0 Å². The molecule has 4 heteroatoms. The van der Waals surface area contributed by atoms with E-state index in [1.54, 1.807) is 0 Å². The molecule has 1 heterocycles. The normalized spacial score (nSPS) is 17.0. The maximum absolute atomic E-state index is 12.6. The first kappa shape index (κ1) is 32.2. The summed E-state index contributed by atoms with van der Waals surface area (Å²) in [5, 5.41) is 2.87. The van der Waals surface area contributed by atoms with Gasteiger partial charge in [0.25, 0.3) is 0 Å². The van der Waals surface area contributed by atoms with Gasteiger partial charge in [0.1, 0.15) is 17.1 Å². The molecular weight excluding hydrogens is 506 g/mol. The number of allylic oxidation sites excluding steroid dienone is 6. The Labute approximate surface area is 248 Å². The lowest BCUT2D eigenvalue weighted by molar-refractivity contribution is 0.0558. The largest absolute Gasteiger partial charge is 0.487 e. The molecule has 1 amide bonds. The van der Waals surface area contributed by atoms with E-state index < -0.39 is 6.09 Å². The minimum atomic E-state index is -0.433. The monoisotopic (exact) mass is 557 g/mol.